The van der Waals surface area contributed by atoms with Crippen molar-refractivity contribution in [2.24, 2.45) is 0 Å². The summed E-state index contributed by atoms with van der Waals surface area (Å²) in [5, 5.41) is 19.1. The number of nitrogens with zero attached hydrogens (tertiary/aromatic N) is 1. The number of aliphatic hydroxyl groups excluding tert-OH is 2. The lowest BCUT2D eigenvalue weighted by Crippen LogP contribution is -2.22. The Morgan fingerprint density at radius 1 is 1.35 bits per heavy atom. The van der Waals surface area contributed by atoms with Gasteiger partial charge in [-0.25, -0.2) is 0 Å². The zero-order chi connectivity index (χ0) is 12.4. The SMILES string of the molecule is CCOc1cccc(N2CC(O)C(O)C2)c1N. The van der Waals surface area contributed by atoms with Crippen LogP contribution < -0.4 is 15.4 Å². The van der Waals surface area contributed by atoms with Crippen LogP contribution in [0.25, 0.3) is 0 Å². The second kappa shape index (κ2) is 4.81. The third-order valence-corrected chi connectivity index (χ3v) is 2.94. The molecular formula is C12H18N2O3. The molecule has 2 rings (SSSR count). The van der Waals surface area contributed by atoms with E-state index in [0.717, 1.165) is 5.69 Å². The zero-order valence-corrected chi connectivity index (χ0v) is 9.84. The van der Waals surface area contributed by atoms with Gasteiger partial charge in [0.25, 0.3) is 0 Å². The number of hydrogen-bond donors (Lipinski definition) is 3. The summed E-state index contributed by atoms with van der Waals surface area (Å²) in [7, 11) is 0. The lowest BCUT2D eigenvalue weighted by molar-refractivity contribution is 0.0572. The average molecular weight is 238 g/mol. The molecule has 17 heavy (non-hydrogen) atoms. The van der Waals surface area contributed by atoms with E-state index in [1.165, 1.54) is 0 Å². The Morgan fingerprint density at radius 3 is 2.59 bits per heavy atom. The van der Waals surface area contributed by atoms with Crippen LogP contribution in [0.2, 0.25) is 0 Å². The van der Waals surface area contributed by atoms with Gasteiger partial charge in [0.2, 0.25) is 0 Å². The van der Waals surface area contributed by atoms with Crippen LogP contribution in [0, 0.1) is 0 Å². The minimum Gasteiger partial charge on any atom is -0.492 e. The van der Waals surface area contributed by atoms with Gasteiger partial charge in [-0.05, 0) is 19.1 Å². The van der Waals surface area contributed by atoms with E-state index in [2.05, 4.69) is 0 Å². The molecule has 0 saturated carbocycles. The molecule has 1 saturated heterocycles. The van der Waals surface area contributed by atoms with Crippen molar-refractivity contribution >= 4 is 11.4 Å². The number of nitrogen functional groups attached to an aromatic ring is 1. The first-order valence-electron chi connectivity index (χ1n) is 5.75. The molecule has 5 heteroatoms. The normalized spacial score (nSPS) is 24.1. The highest BCUT2D eigenvalue weighted by molar-refractivity contribution is 5.74. The molecule has 0 amide bonds. The quantitative estimate of drug-likeness (QED) is 0.656. The minimum atomic E-state index is -0.717. The first-order chi connectivity index (χ1) is 8.13. The van der Waals surface area contributed by atoms with E-state index in [1.807, 2.05) is 30.0 Å². The molecule has 94 valence electrons. The van der Waals surface area contributed by atoms with Gasteiger partial charge in [0.05, 0.1) is 30.2 Å². The summed E-state index contributed by atoms with van der Waals surface area (Å²) < 4.78 is 5.41. The van der Waals surface area contributed by atoms with Crippen molar-refractivity contribution < 1.29 is 14.9 Å². The summed E-state index contributed by atoms with van der Waals surface area (Å²) in [6, 6.07) is 5.53. The van der Waals surface area contributed by atoms with Crippen LogP contribution in [0.4, 0.5) is 11.4 Å². The van der Waals surface area contributed by atoms with Crippen molar-refractivity contribution in [1.29, 1.82) is 0 Å². The highest BCUT2D eigenvalue weighted by Crippen LogP contribution is 2.34. The molecule has 1 aromatic carbocycles. The third kappa shape index (κ3) is 2.30. The van der Waals surface area contributed by atoms with Gasteiger partial charge >= 0.3 is 0 Å². The van der Waals surface area contributed by atoms with Crippen molar-refractivity contribution in [1.82, 2.24) is 0 Å². The number of ether oxygens (including phenoxy) is 1. The Balaban J connectivity index is 2.24. The van der Waals surface area contributed by atoms with E-state index in [1.54, 1.807) is 0 Å². The van der Waals surface area contributed by atoms with E-state index in [4.69, 9.17) is 10.5 Å². The van der Waals surface area contributed by atoms with E-state index in [9.17, 15) is 10.2 Å². The summed E-state index contributed by atoms with van der Waals surface area (Å²) in [4.78, 5) is 1.87. The Labute approximate surface area is 100 Å². The highest BCUT2D eigenvalue weighted by Gasteiger charge is 2.30. The molecule has 0 bridgehead atoms. The fourth-order valence-electron chi connectivity index (χ4n) is 2.06. The Morgan fingerprint density at radius 2 is 2.00 bits per heavy atom. The highest BCUT2D eigenvalue weighted by atomic mass is 16.5. The molecule has 1 heterocycles. The molecule has 0 aliphatic carbocycles. The van der Waals surface area contributed by atoms with Crippen LogP contribution in [-0.4, -0.2) is 42.1 Å². The van der Waals surface area contributed by atoms with Crippen LogP contribution in [0.1, 0.15) is 6.92 Å². The van der Waals surface area contributed by atoms with Crippen LogP contribution >= 0.6 is 0 Å². The maximum Gasteiger partial charge on any atom is 0.144 e. The lowest BCUT2D eigenvalue weighted by Gasteiger charge is -2.21. The zero-order valence-electron chi connectivity index (χ0n) is 9.84. The van der Waals surface area contributed by atoms with Crippen molar-refractivity contribution in [3.8, 4) is 5.75 Å². The van der Waals surface area contributed by atoms with E-state index in [-0.39, 0.29) is 0 Å². The summed E-state index contributed by atoms with van der Waals surface area (Å²) in [5.41, 5.74) is 7.36. The molecule has 2 unspecified atom stereocenters. The number of anilines is 2. The minimum absolute atomic E-state index is 0.390. The number of β-amino-alcohol motifs (C(OH)–C–C–N with tert-alkyl or cyclic N) is 2. The average Bonchev–Trinajstić information content (AvgIpc) is 2.62. The van der Waals surface area contributed by atoms with Crippen molar-refractivity contribution in [3.05, 3.63) is 18.2 Å². The summed E-state index contributed by atoms with van der Waals surface area (Å²) in [6.45, 7) is 3.23. The first-order valence-corrected chi connectivity index (χ1v) is 5.75. The number of hydrogen-bond acceptors (Lipinski definition) is 5. The fraction of sp³-hybridized carbons (Fsp3) is 0.500. The van der Waals surface area contributed by atoms with Crippen LogP contribution in [0.5, 0.6) is 5.75 Å². The molecule has 1 aliphatic rings. The summed E-state index contributed by atoms with van der Waals surface area (Å²) >= 11 is 0. The predicted molar refractivity (Wildman–Crippen MR) is 66.3 cm³/mol. The standard InChI is InChI=1S/C12H18N2O3/c1-2-17-11-5-3-4-8(12(11)13)14-6-9(15)10(16)7-14/h3-5,9-10,15-16H,2,6-7,13H2,1H3. The van der Waals surface area contributed by atoms with E-state index >= 15 is 0 Å². The Bertz CT molecular complexity index is 387. The molecule has 1 aliphatic heterocycles. The topological polar surface area (TPSA) is 79.0 Å². The van der Waals surface area contributed by atoms with Gasteiger partial charge in [-0.15, -0.1) is 0 Å². The van der Waals surface area contributed by atoms with Gasteiger partial charge in [0, 0.05) is 13.1 Å². The van der Waals surface area contributed by atoms with Gasteiger partial charge in [0.1, 0.15) is 5.75 Å². The fourth-order valence-corrected chi connectivity index (χ4v) is 2.06. The number of benzene rings is 1. The van der Waals surface area contributed by atoms with Gasteiger partial charge in [-0.1, -0.05) is 6.07 Å². The Hall–Kier alpha value is -1.46. The second-order valence-corrected chi connectivity index (χ2v) is 4.16. The third-order valence-electron chi connectivity index (χ3n) is 2.94. The lowest BCUT2D eigenvalue weighted by atomic mass is 10.2. The van der Waals surface area contributed by atoms with Gasteiger partial charge in [-0.2, -0.15) is 0 Å². The molecule has 0 aromatic heterocycles. The smallest absolute Gasteiger partial charge is 0.144 e. The number of rotatable bonds is 3. The molecule has 2 atom stereocenters. The molecule has 1 fully saturated rings. The second-order valence-electron chi connectivity index (χ2n) is 4.16. The molecule has 0 spiro atoms. The summed E-state index contributed by atoms with van der Waals surface area (Å²) in [5.74, 6) is 0.640. The number of nitrogens with two attached hydrogens (primary N) is 1. The largest absolute Gasteiger partial charge is 0.492 e. The predicted octanol–water partition coefficient (Wildman–Crippen LogP) is 0.209. The van der Waals surface area contributed by atoms with Gasteiger partial charge in [-0.3, -0.25) is 0 Å². The van der Waals surface area contributed by atoms with E-state index in [0.29, 0.717) is 31.1 Å². The molecule has 4 N–H and O–H groups in total. The van der Waals surface area contributed by atoms with Gasteiger partial charge in [0.15, 0.2) is 0 Å². The molecule has 1 aromatic rings. The first kappa shape index (κ1) is 12.0. The van der Waals surface area contributed by atoms with E-state index < -0.39 is 12.2 Å². The van der Waals surface area contributed by atoms with Crippen LogP contribution in [0.15, 0.2) is 18.2 Å². The molecule has 0 radical (unpaired) electrons. The maximum atomic E-state index is 9.53. The van der Waals surface area contributed by atoms with Crippen LogP contribution in [-0.2, 0) is 0 Å². The number of aliphatic hydroxyl groups is 2. The van der Waals surface area contributed by atoms with Gasteiger partial charge < -0.3 is 25.6 Å². The maximum absolute atomic E-state index is 9.53. The van der Waals surface area contributed by atoms with Crippen LogP contribution in [0.3, 0.4) is 0 Å². The summed E-state index contributed by atoms with van der Waals surface area (Å²) in [6.07, 6.45) is -1.43. The Kier molecular flexibility index (Phi) is 3.40. The van der Waals surface area contributed by atoms with Crippen molar-refractivity contribution in [3.63, 3.8) is 0 Å². The monoisotopic (exact) mass is 238 g/mol. The number of para-hydroxylation sites is 1. The molecular weight excluding hydrogens is 220 g/mol. The van der Waals surface area contributed by atoms with Crippen molar-refractivity contribution in [2.75, 3.05) is 30.3 Å². The molecule has 5 nitrogen and oxygen atoms in total. The van der Waals surface area contributed by atoms with Crippen molar-refractivity contribution in [2.45, 2.75) is 19.1 Å².